The van der Waals surface area contributed by atoms with Gasteiger partial charge in [-0.2, -0.15) is 0 Å². The van der Waals surface area contributed by atoms with Gasteiger partial charge in [-0.1, -0.05) is 27.7 Å². The van der Waals surface area contributed by atoms with Crippen LogP contribution >= 0.6 is 0 Å². The molecule has 14 atom stereocenters. The number of hydrogen-bond donors (Lipinski definition) is 5. The molecule has 1 spiro atoms. The molecule has 2 saturated heterocycles. The third-order valence-electron chi connectivity index (χ3n) is 14.9. The standard InChI is InChI=1S/C31H52O7/c1-25-9-8-21(35)26(2,16-32)20(25)7-10-28(4)23(25)19(34)15-18-22-29(5,36)31(17-33)14-13-30(22,24(37-6)38-31)12-11-27(18,28)3/h18-24,32-36H,7-17H2,1-6H3/t18-,19-,20-,21+,22-,23-,24-,25+,26-,27-,28-,29+,30-,31-/m1/s1. The molecule has 0 aromatic heterocycles. The van der Waals surface area contributed by atoms with E-state index in [9.17, 15) is 25.5 Å². The maximum Gasteiger partial charge on any atom is 0.164 e. The molecule has 2 aliphatic heterocycles. The first-order valence-electron chi connectivity index (χ1n) is 15.2. The first kappa shape index (κ1) is 27.9. The lowest BCUT2D eigenvalue weighted by molar-refractivity contribution is -0.429. The molecule has 38 heavy (non-hydrogen) atoms. The van der Waals surface area contributed by atoms with Gasteiger partial charge in [0, 0.05) is 23.9 Å². The van der Waals surface area contributed by atoms with Crippen molar-refractivity contribution in [3.05, 3.63) is 0 Å². The van der Waals surface area contributed by atoms with Crippen LogP contribution in [0.25, 0.3) is 0 Å². The highest BCUT2D eigenvalue weighted by atomic mass is 16.7. The van der Waals surface area contributed by atoms with Crippen LogP contribution in [0.4, 0.5) is 0 Å². The van der Waals surface area contributed by atoms with Crippen LogP contribution in [0.3, 0.4) is 0 Å². The lowest BCUT2D eigenvalue weighted by Gasteiger charge is -2.77. The molecule has 2 heterocycles. The highest BCUT2D eigenvalue weighted by Gasteiger charge is 2.79. The monoisotopic (exact) mass is 536 g/mol. The van der Waals surface area contributed by atoms with Crippen molar-refractivity contribution < 1.29 is 35.0 Å². The zero-order valence-corrected chi connectivity index (χ0v) is 24.4. The summed E-state index contributed by atoms with van der Waals surface area (Å²) < 4.78 is 12.4. The van der Waals surface area contributed by atoms with Gasteiger partial charge in [-0.3, -0.25) is 0 Å². The van der Waals surface area contributed by atoms with Crippen LogP contribution in [-0.4, -0.2) is 75.6 Å². The van der Waals surface area contributed by atoms with E-state index >= 15 is 0 Å². The van der Waals surface area contributed by atoms with Crippen molar-refractivity contribution in [1.29, 1.82) is 0 Å². The fraction of sp³-hybridized carbons (Fsp3) is 1.00. The molecule has 218 valence electrons. The average molecular weight is 537 g/mol. The number of fused-ring (bicyclic) bond motifs is 7. The second-order valence-electron chi connectivity index (χ2n) is 15.7. The zero-order chi connectivity index (χ0) is 27.7. The summed E-state index contributed by atoms with van der Waals surface area (Å²) in [4.78, 5) is 0. The van der Waals surface area contributed by atoms with Crippen molar-refractivity contribution in [2.75, 3.05) is 20.3 Å². The molecule has 0 radical (unpaired) electrons. The van der Waals surface area contributed by atoms with E-state index in [0.717, 1.165) is 38.5 Å². The smallest absolute Gasteiger partial charge is 0.164 e. The highest BCUT2D eigenvalue weighted by Crippen LogP contribution is 2.79. The Bertz CT molecular complexity index is 972. The Morgan fingerprint density at radius 3 is 2.13 bits per heavy atom. The van der Waals surface area contributed by atoms with Crippen LogP contribution in [0.5, 0.6) is 0 Å². The van der Waals surface area contributed by atoms with Crippen molar-refractivity contribution in [3.63, 3.8) is 0 Å². The molecule has 2 bridgehead atoms. The SMILES string of the molecule is CO[C@@H]1O[C@@]2(CO)CC[C@@]13CC[C@]1(C)[C@H](C[C@@H](O)[C@@H]4[C@@]5(C)CC[C@H](O)[C@](C)(CO)[C@@H]5CC[C@]41C)[C@@H]3[C@]2(C)O. The first-order valence-corrected chi connectivity index (χ1v) is 15.2. The van der Waals surface area contributed by atoms with Crippen molar-refractivity contribution >= 4 is 0 Å². The van der Waals surface area contributed by atoms with Crippen LogP contribution in [0.2, 0.25) is 0 Å². The number of aliphatic hydroxyl groups excluding tert-OH is 4. The van der Waals surface area contributed by atoms with Crippen LogP contribution in [0.1, 0.15) is 92.4 Å². The van der Waals surface area contributed by atoms with E-state index in [1.54, 1.807) is 7.11 Å². The van der Waals surface area contributed by atoms with Crippen molar-refractivity contribution in [3.8, 4) is 0 Å². The summed E-state index contributed by atoms with van der Waals surface area (Å²) >= 11 is 0. The molecule has 5 N–H and O–H groups in total. The third kappa shape index (κ3) is 2.86. The number of ether oxygens (including phenoxy) is 2. The molecule has 0 unspecified atom stereocenters. The third-order valence-corrected chi connectivity index (χ3v) is 14.9. The fourth-order valence-corrected chi connectivity index (χ4v) is 12.8. The molecule has 0 aromatic rings. The zero-order valence-electron chi connectivity index (χ0n) is 24.4. The predicted octanol–water partition coefficient (Wildman–Crippen LogP) is 3.24. The molecular formula is C31H52O7. The topological polar surface area (TPSA) is 120 Å². The largest absolute Gasteiger partial charge is 0.396 e. The quantitative estimate of drug-likeness (QED) is 0.376. The van der Waals surface area contributed by atoms with Gasteiger partial charge in [0.15, 0.2) is 6.29 Å². The van der Waals surface area contributed by atoms with E-state index in [2.05, 4.69) is 20.8 Å². The van der Waals surface area contributed by atoms with Crippen LogP contribution in [0.15, 0.2) is 0 Å². The Labute approximate surface area is 228 Å². The van der Waals surface area contributed by atoms with Gasteiger partial charge in [-0.05, 0) is 98.7 Å². The molecule has 0 aromatic carbocycles. The van der Waals surface area contributed by atoms with Crippen LogP contribution in [-0.2, 0) is 9.47 Å². The van der Waals surface area contributed by atoms with Gasteiger partial charge >= 0.3 is 0 Å². The minimum atomic E-state index is -1.24. The summed E-state index contributed by atoms with van der Waals surface area (Å²) in [5, 5.41) is 56.6. The minimum Gasteiger partial charge on any atom is -0.396 e. The van der Waals surface area contributed by atoms with E-state index in [1.807, 2.05) is 13.8 Å². The maximum absolute atomic E-state index is 12.3. The van der Waals surface area contributed by atoms with Gasteiger partial charge in [0.25, 0.3) is 0 Å². The Balaban J connectivity index is 1.46. The summed E-state index contributed by atoms with van der Waals surface area (Å²) in [6.45, 7) is 10.8. The minimum absolute atomic E-state index is 0.0387. The second-order valence-corrected chi connectivity index (χ2v) is 15.7. The molecule has 7 fully saturated rings. The van der Waals surface area contributed by atoms with Gasteiger partial charge in [0.05, 0.1) is 31.0 Å². The lowest BCUT2D eigenvalue weighted by Crippen LogP contribution is -2.81. The van der Waals surface area contributed by atoms with Crippen LogP contribution < -0.4 is 0 Å². The molecule has 7 aliphatic rings. The van der Waals surface area contributed by atoms with Gasteiger partial charge in [-0.15, -0.1) is 0 Å². The lowest BCUT2D eigenvalue weighted by atomic mass is 9.29. The van der Waals surface area contributed by atoms with Gasteiger partial charge in [0.1, 0.15) is 5.60 Å². The highest BCUT2D eigenvalue weighted by molar-refractivity contribution is 5.26. The molecule has 5 aliphatic carbocycles. The Kier molecular flexibility index (Phi) is 5.99. The van der Waals surface area contributed by atoms with E-state index < -0.39 is 35.1 Å². The molecule has 7 heteroatoms. The second kappa shape index (κ2) is 8.17. The van der Waals surface area contributed by atoms with Crippen molar-refractivity contribution in [2.45, 2.75) is 122 Å². The number of aliphatic hydroxyl groups is 5. The van der Waals surface area contributed by atoms with E-state index in [1.165, 1.54) is 0 Å². The number of methoxy groups -OCH3 is 1. The summed E-state index contributed by atoms with van der Waals surface area (Å²) in [5.41, 5.74) is -3.68. The van der Waals surface area contributed by atoms with Crippen molar-refractivity contribution in [1.82, 2.24) is 0 Å². The van der Waals surface area contributed by atoms with Gasteiger partial charge < -0.3 is 35.0 Å². The van der Waals surface area contributed by atoms with Crippen molar-refractivity contribution in [2.24, 2.45) is 50.7 Å². The number of hydrogen-bond acceptors (Lipinski definition) is 7. The summed E-state index contributed by atoms with van der Waals surface area (Å²) in [6.07, 6.45) is 5.77. The first-order chi connectivity index (χ1) is 17.7. The Hall–Kier alpha value is -0.280. The summed E-state index contributed by atoms with van der Waals surface area (Å²) in [6, 6.07) is 0. The normalized spacial score (nSPS) is 63.4. The van der Waals surface area contributed by atoms with E-state index in [0.29, 0.717) is 19.3 Å². The van der Waals surface area contributed by atoms with E-state index in [-0.39, 0.29) is 58.5 Å². The van der Waals surface area contributed by atoms with E-state index in [4.69, 9.17) is 9.47 Å². The fourth-order valence-electron chi connectivity index (χ4n) is 12.8. The van der Waals surface area contributed by atoms with Gasteiger partial charge in [-0.25, -0.2) is 0 Å². The van der Waals surface area contributed by atoms with Gasteiger partial charge in [0.2, 0.25) is 0 Å². The average Bonchev–Trinajstić information content (AvgIpc) is 2.87. The molecule has 7 nitrogen and oxygen atoms in total. The molecular weight excluding hydrogens is 484 g/mol. The Morgan fingerprint density at radius 2 is 1.50 bits per heavy atom. The molecule has 5 saturated carbocycles. The number of rotatable bonds is 3. The molecule has 0 amide bonds. The molecule has 7 rings (SSSR count). The Morgan fingerprint density at radius 1 is 0.816 bits per heavy atom. The summed E-state index contributed by atoms with van der Waals surface area (Å²) in [7, 11) is 1.68. The summed E-state index contributed by atoms with van der Waals surface area (Å²) in [5.74, 6) is 0.106. The van der Waals surface area contributed by atoms with Crippen LogP contribution in [0, 0.1) is 50.7 Å². The predicted molar refractivity (Wildman–Crippen MR) is 142 cm³/mol. The maximum atomic E-state index is 12.3.